The van der Waals surface area contributed by atoms with E-state index in [1.165, 1.54) is 29.5 Å². The third-order valence-corrected chi connectivity index (χ3v) is 5.62. The molecule has 0 unspecified atom stereocenters. The Morgan fingerprint density at radius 1 is 1.03 bits per heavy atom. The summed E-state index contributed by atoms with van der Waals surface area (Å²) in [5.41, 5.74) is 1.71. The van der Waals surface area contributed by atoms with E-state index in [4.69, 9.17) is 4.74 Å². The third-order valence-electron chi connectivity index (χ3n) is 4.73. The minimum Gasteiger partial charge on any atom is -0.452 e. The van der Waals surface area contributed by atoms with Gasteiger partial charge in [0.25, 0.3) is 5.91 Å². The molecule has 166 valence electrons. The molecule has 5 rings (SSSR count). The van der Waals surface area contributed by atoms with Gasteiger partial charge in [-0.1, -0.05) is 24.3 Å². The molecule has 0 atom stereocenters. The summed E-state index contributed by atoms with van der Waals surface area (Å²) in [6, 6.07) is 16.4. The van der Waals surface area contributed by atoms with Gasteiger partial charge >= 0.3 is 12.3 Å². The Hall–Kier alpha value is -4.05. The van der Waals surface area contributed by atoms with E-state index in [0.717, 1.165) is 4.88 Å². The Morgan fingerprint density at radius 3 is 2.67 bits per heavy atom. The summed E-state index contributed by atoms with van der Waals surface area (Å²) < 4.78 is 40.2. The molecular weight excluding hydrogens is 454 g/mol. The van der Waals surface area contributed by atoms with Crippen LogP contribution >= 0.6 is 11.3 Å². The summed E-state index contributed by atoms with van der Waals surface area (Å²) in [5, 5.41) is 4.98. The van der Waals surface area contributed by atoms with Crippen LogP contribution in [0.25, 0.3) is 21.5 Å². The van der Waals surface area contributed by atoms with Crippen LogP contribution in [0.15, 0.2) is 66.0 Å². The largest absolute Gasteiger partial charge is 0.586 e. The van der Waals surface area contributed by atoms with Crippen molar-refractivity contribution in [3.05, 3.63) is 71.6 Å². The predicted molar refractivity (Wildman–Crippen MR) is 117 cm³/mol. The number of para-hydroxylation sites is 1. The van der Waals surface area contributed by atoms with E-state index in [2.05, 4.69) is 19.8 Å². The molecule has 33 heavy (non-hydrogen) atoms. The van der Waals surface area contributed by atoms with Crippen molar-refractivity contribution in [3.8, 4) is 22.1 Å². The monoisotopic (exact) mass is 468 g/mol. The maximum Gasteiger partial charge on any atom is 0.586 e. The van der Waals surface area contributed by atoms with E-state index in [9.17, 15) is 18.4 Å². The van der Waals surface area contributed by atoms with Gasteiger partial charge in [-0.3, -0.25) is 4.79 Å². The van der Waals surface area contributed by atoms with Crippen molar-refractivity contribution in [1.29, 1.82) is 0 Å². The van der Waals surface area contributed by atoms with Crippen molar-refractivity contribution in [2.24, 2.45) is 0 Å². The highest BCUT2D eigenvalue weighted by molar-refractivity contribution is 7.13. The van der Waals surface area contributed by atoms with Crippen LogP contribution in [0.3, 0.4) is 0 Å². The van der Waals surface area contributed by atoms with Crippen molar-refractivity contribution in [2.45, 2.75) is 6.29 Å². The number of hydrogen-bond donors (Lipinski definition) is 1. The van der Waals surface area contributed by atoms with Crippen molar-refractivity contribution in [3.63, 3.8) is 0 Å². The third kappa shape index (κ3) is 4.33. The molecule has 3 heterocycles. The smallest absolute Gasteiger partial charge is 0.452 e. The maximum absolute atomic E-state index is 13.1. The number of nitrogens with one attached hydrogen (secondary N) is 1. The zero-order chi connectivity index (χ0) is 23.0. The quantitative estimate of drug-likeness (QED) is 0.411. The molecule has 0 saturated carbocycles. The Kier molecular flexibility index (Phi) is 5.14. The van der Waals surface area contributed by atoms with Gasteiger partial charge in [-0.15, -0.1) is 20.1 Å². The molecule has 2 aromatic carbocycles. The number of rotatable bonds is 5. The predicted octanol–water partition coefficient (Wildman–Crippen LogP) is 5.08. The van der Waals surface area contributed by atoms with Crippen LogP contribution in [0.2, 0.25) is 0 Å². The summed E-state index contributed by atoms with van der Waals surface area (Å²) in [7, 11) is 0. The van der Waals surface area contributed by atoms with Gasteiger partial charge in [-0.25, -0.2) is 9.78 Å². The SMILES string of the molecule is O=C(COC(=O)c1cc(-c2cccs2)nc2ccccc12)Nc1ccc2c(c1)OC(F)(F)O2. The first-order chi connectivity index (χ1) is 15.9. The zero-order valence-electron chi connectivity index (χ0n) is 16.7. The molecule has 1 aliphatic heterocycles. The lowest BCUT2D eigenvalue weighted by Gasteiger charge is -2.10. The summed E-state index contributed by atoms with van der Waals surface area (Å²) in [5.74, 6) is -1.69. The minimum absolute atomic E-state index is 0.143. The first-order valence-electron chi connectivity index (χ1n) is 9.68. The Morgan fingerprint density at radius 2 is 1.85 bits per heavy atom. The molecule has 1 aliphatic rings. The molecule has 1 N–H and O–H groups in total. The average Bonchev–Trinajstić information content (AvgIpc) is 3.43. The first kappa shape index (κ1) is 20.8. The molecule has 10 heteroatoms. The number of nitrogens with zero attached hydrogens (tertiary/aromatic N) is 1. The highest BCUT2D eigenvalue weighted by Crippen LogP contribution is 2.42. The number of amides is 1. The lowest BCUT2D eigenvalue weighted by atomic mass is 10.1. The van der Waals surface area contributed by atoms with Crippen molar-refractivity contribution >= 4 is 39.8 Å². The van der Waals surface area contributed by atoms with Crippen LogP contribution in [-0.4, -0.2) is 29.8 Å². The summed E-state index contributed by atoms with van der Waals surface area (Å²) in [4.78, 5) is 30.6. The number of halogens is 2. The van der Waals surface area contributed by atoms with E-state index in [-0.39, 0.29) is 22.7 Å². The number of fused-ring (bicyclic) bond motifs is 2. The summed E-state index contributed by atoms with van der Waals surface area (Å²) in [6.45, 7) is -0.575. The van der Waals surface area contributed by atoms with Crippen LogP contribution in [0.5, 0.6) is 11.5 Å². The molecular formula is C23H14F2N2O5S. The highest BCUT2D eigenvalue weighted by atomic mass is 32.1. The Labute approximate surface area is 189 Å². The van der Waals surface area contributed by atoms with E-state index in [1.807, 2.05) is 23.6 Å². The fourth-order valence-corrected chi connectivity index (χ4v) is 4.01. The molecule has 0 bridgehead atoms. The topological polar surface area (TPSA) is 86.8 Å². The van der Waals surface area contributed by atoms with Crippen molar-refractivity contribution in [2.75, 3.05) is 11.9 Å². The molecule has 0 spiro atoms. The highest BCUT2D eigenvalue weighted by Gasteiger charge is 2.43. The number of thiophene rings is 1. The van der Waals surface area contributed by atoms with E-state index in [1.54, 1.807) is 24.3 Å². The fraction of sp³-hybridized carbons (Fsp3) is 0.0870. The second-order valence-corrected chi connectivity index (χ2v) is 7.95. The zero-order valence-corrected chi connectivity index (χ0v) is 17.5. The standard InChI is InChI=1S/C23H14F2N2O5S/c24-23(25)31-18-8-7-13(10-19(18)32-23)26-21(28)12-30-22(29)15-11-17(20-6-3-9-33-20)27-16-5-2-1-4-14(15)16/h1-11H,12H2,(H,26,28). The van der Waals surface area contributed by atoms with Crippen LogP contribution in [0, 0.1) is 0 Å². The number of carbonyl (C=O) groups excluding carboxylic acids is 2. The lowest BCUT2D eigenvalue weighted by molar-refractivity contribution is -0.286. The molecule has 0 fully saturated rings. The molecule has 2 aromatic heterocycles. The van der Waals surface area contributed by atoms with Crippen LogP contribution < -0.4 is 14.8 Å². The lowest BCUT2D eigenvalue weighted by Crippen LogP contribution is -2.25. The van der Waals surface area contributed by atoms with E-state index >= 15 is 0 Å². The van der Waals surface area contributed by atoms with Gasteiger partial charge in [-0.2, -0.15) is 0 Å². The normalized spacial score (nSPS) is 13.6. The molecule has 0 radical (unpaired) electrons. The number of anilines is 1. The van der Waals surface area contributed by atoms with Crippen molar-refractivity contribution < 1.29 is 32.6 Å². The van der Waals surface area contributed by atoms with Crippen LogP contribution in [-0.2, 0) is 9.53 Å². The number of carbonyl (C=O) groups is 2. The number of aromatic nitrogens is 1. The number of ether oxygens (including phenoxy) is 3. The van der Waals surface area contributed by atoms with Gasteiger partial charge in [0.1, 0.15) is 0 Å². The summed E-state index contributed by atoms with van der Waals surface area (Å²) in [6.07, 6.45) is -3.75. The van der Waals surface area contributed by atoms with Gasteiger partial charge in [0.15, 0.2) is 18.1 Å². The van der Waals surface area contributed by atoms with Gasteiger partial charge in [0.05, 0.1) is 21.7 Å². The fourth-order valence-electron chi connectivity index (χ4n) is 3.33. The first-order valence-corrected chi connectivity index (χ1v) is 10.6. The van der Waals surface area contributed by atoms with E-state index in [0.29, 0.717) is 16.6 Å². The van der Waals surface area contributed by atoms with Gasteiger partial charge in [0, 0.05) is 17.1 Å². The van der Waals surface area contributed by atoms with E-state index < -0.39 is 24.8 Å². The molecule has 0 aliphatic carbocycles. The second-order valence-electron chi connectivity index (χ2n) is 7.00. The molecule has 0 saturated heterocycles. The summed E-state index contributed by atoms with van der Waals surface area (Å²) >= 11 is 1.49. The van der Waals surface area contributed by atoms with Gasteiger partial charge in [-0.05, 0) is 35.7 Å². The van der Waals surface area contributed by atoms with Crippen LogP contribution in [0.1, 0.15) is 10.4 Å². The Balaban J connectivity index is 1.30. The number of esters is 1. The number of alkyl halides is 2. The van der Waals surface area contributed by atoms with Gasteiger partial charge < -0.3 is 19.5 Å². The maximum atomic E-state index is 13.1. The molecule has 4 aromatic rings. The number of pyridine rings is 1. The molecule has 1 amide bonds. The molecule has 7 nitrogen and oxygen atoms in total. The van der Waals surface area contributed by atoms with Crippen molar-refractivity contribution in [1.82, 2.24) is 4.98 Å². The second kappa shape index (κ2) is 8.14. The average molecular weight is 468 g/mol. The van der Waals surface area contributed by atoms with Crippen LogP contribution in [0.4, 0.5) is 14.5 Å². The van der Waals surface area contributed by atoms with Gasteiger partial charge in [0.2, 0.25) is 0 Å². The number of hydrogen-bond acceptors (Lipinski definition) is 7. The minimum atomic E-state index is -3.75. The number of benzene rings is 2. The Bertz CT molecular complexity index is 1370.